The second-order valence-electron chi connectivity index (χ2n) is 5.43. The van der Waals surface area contributed by atoms with Crippen LogP contribution in [0.15, 0.2) is 42.5 Å². The second kappa shape index (κ2) is 6.64. The average molecular weight is 282 g/mol. The first-order valence-electron chi connectivity index (χ1n) is 7.55. The Balaban J connectivity index is 1.60. The molecule has 0 spiro atoms. The zero-order valence-electron chi connectivity index (χ0n) is 12.5. The topological polar surface area (TPSA) is 33.3 Å². The number of nitrogens with one attached hydrogen (secondary N) is 2. The van der Waals surface area contributed by atoms with Crippen molar-refractivity contribution in [2.45, 2.75) is 25.9 Å². The smallest absolute Gasteiger partial charge is 0.118 e. The molecule has 1 aliphatic rings. The standard InChI is InChI=1S/C18H22N2O/c1-21-17-9-7-14(8-10-17)12-19-13-16-5-2-4-15-6-3-11-20-18(15)16/h2,4-5,7-10,19-20H,3,6,11-13H2,1H3. The Labute approximate surface area is 126 Å². The maximum atomic E-state index is 5.18. The molecule has 2 aromatic carbocycles. The number of methoxy groups -OCH3 is 1. The molecule has 0 saturated carbocycles. The van der Waals surface area contributed by atoms with Gasteiger partial charge in [-0.2, -0.15) is 0 Å². The van der Waals surface area contributed by atoms with E-state index in [4.69, 9.17) is 4.74 Å². The van der Waals surface area contributed by atoms with Gasteiger partial charge in [-0.3, -0.25) is 0 Å². The molecule has 0 atom stereocenters. The van der Waals surface area contributed by atoms with Gasteiger partial charge in [0.1, 0.15) is 5.75 Å². The normalized spacial score (nSPS) is 13.4. The highest BCUT2D eigenvalue weighted by Gasteiger charge is 2.11. The number of ether oxygens (including phenoxy) is 1. The maximum absolute atomic E-state index is 5.18. The van der Waals surface area contributed by atoms with Crippen LogP contribution in [0.4, 0.5) is 5.69 Å². The van der Waals surface area contributed by atoms with Gasteiger partial charge >= 0.3 is 0 Å². The van der Waals surface area contributed by atoms with Gasteiger partial charge in [0, 0.05) is 25.3 Å². The molecule has 0 saturated heterocycles. The highest BCUT2D eigenvalue weighted by molar-refractivity contribution is 5.59. The van der Waals surface area contributed by atoms with E-state index in [0.29, 0.717) is 0 Å². The summed E-state index contributed by atoms with van der Waals surface area (Å²) in [5.41, 5.74) is 5.42. The summed E-state index contributed by atoms with van der Waals surface area (Å²) in [6.45, 7) is 2.85. The van der Waals surface area contributed by atoms with Crippen molar-refractivity contribution in [3.05, 3.63) is 59.2 Å². The lowest BCUT2D eigenvalue weighted by Gasteiger charge is -2.21. The van der Waals surface area contributed by atoms with Gasteiger partial charge in [0.2, 0.25) is 0 Å². The summed E-state index contributed by atoms with van der Waals surface area (Å²) in [6, 6.07) is 14.8. The van der Waals surface area contributed by atoms with Gasteiger partial charge in [0.05, 0.1) is 7.11 Å². The molecule has 2 N–H and O–H groups in total. The molecule has 21 heavy (non-hydrogen) atoms. The lowest BCUT2D eigenvalue weighted by atomic mass is 9.99. The summed E-state index contributed by atoms with van der Waals surface area (Å²) < 4.78 is 5.18. The molecule has 0 amide bonds. The first-order valence-corrected chi connectivity index (χ1v) is 7.55. The minimum absolute atomic E-state index is 0.869. The Kier molecular flexibility index (Phi) is 4.41. The van der Waals surface area contributed by atoms with Crippen LogP contribution >= 0.6 is 0 Å². The molecular weight excluding hydrogens is 260 g/mol. The minimum Gasteiger partial charge on any atom is -0.497 e. The van der Waals surface area contributed by atoms with E-state index in [2.05, 4.69) is 41.0 Å². The van der Waals surface area contributed by atoms with Crippen LogP contribution in [0, 0.1) is 0 Å². The van der Waals surface area contributed by atoms with Gasteiger partial charge in [-0.05, 0) is 41.7 Å². The lowest BCUT2D eigenvalue weighted by Crippen LogP contribution is -2.18. The summed E-state index contributed by atoms with van der Waals surface area (Å²) in [5, 5.41) is 7.06. The van der Waals surface area contributed by atoms with Crippen LogP contribution in [0.1, 0.15) is 23.1 Å². The van der Waals surface area contributed by atoms with Crippen molar-refractivity contribution in [3.63, 3.8) is 0 Å². The maximum Gasteiger partial charge on any atom is 0.118 e. The second-order valence-corrected chi connectivity index (χ2v) is 5.43. The molecule has 3 rings (SSSR count). The van der Waals surface area contributed by atoms with E-state index in [1.54, 1.807) is 7.11 Å². The number of fused-ring (bicyclic) bond motifs is 1. The van der Waals surface area contributed by atoms with E-state index in [-0.39, 0.29) is 0 Å². The monoisotopic (exact) mass is 282 g/mol. The molecule has 0 bridgehead atoms. The number of hydrogen-bond donors (Lipinski definition) is 2. The van der Waals surface area contributed by atoms with E-state index in [1.807, 2.05) is 12.1 Å². The number of para-hydroxylation sites is 1. The van der Waals surface area contributed by atoms with Crippen molar-refractivity contribution in [1.29, 1.82) is 0 Å². The van der Waals surface area contributed by atoms with Crippen LogP contribution in [-0.2, 0) is 19.5 Å². The minimum atomic E-state index is 0.869. The average Bonchev–Trinajstić information content (AvgIpc) is 2.56. The fraction of sp³-hybridized carbons (Fsp3) is 0.333. The van der Waals surface area contributed by atoms with E-state index in [1.165, 1.54) is 35.2 Å². The van der Waals surface area contributed by atoms with E-state index in [0.717, 1.165) is 25.4 Å². The molecule has 0 aliphatic carbocycles. The molecule has 3 nitrogen and oxygen atoms in total. The Morgan fingerprint density at radius 1 is 1.10 bits per heavy atom. The van der Waals surface area contributed by atoms with Gasteiger partial charge < -0.3 is 15.4 Å². The van der Waals surface area contributed by atoms with Crippen LogP contribution in [0.2, 0.25) is 0 Å². The fourth-order valence-corrected chi connectivity index (χ4v) is 2.81. The zero-order valence-corrected chi connectivity index (χ0v) is 12.5. The SMILES string of the molecule is COc1ccc(CNCc2cccc3c2NCCC3)cc1. The summed E-state index contributed by atoms with van der Waals surface area (Å²) in [7, 11) is 1.69. The summed E-state index contributed by atoms with van der Waals surface area (Å²) in [6.07, 6.45) is 2.42. The van der Waals surface area contributed by atoms with Gasteiger partial charge in [0.25, 0.3) is 0 Å². The number of aryl methyl sites for hydroxylation is 1. The number of rotatable bonds is 5. The van der Waals surface area contributed by atoms with Crippen LogP contribution in [-0.4, -0.2) is 13.7 Å². The van der Waals surface area contributed by atoms with Crippen LogP contribution in [0.3, 0.4) is 0 Å². The number of anilines is 1. The van der Waals surface area contributed by atoms with Crippen molar-refractivity contribution >= 4 is 5.69 Å². The summed E-state index contributed by atoms with van der Waals surface area (Å²) in [5.74, 6) is 0.903. The van der Waals surface area contributed by atoms with Crippen molar-refractivity contribution < 1.29 is 4.74 Å². The quantitative estimate of drug-likeness (QED) is 0.882. The van der Waals surface area contributed by atoms with Gasteiger partial charge in [-0.15, -0.1) is 0 Å². The Bertz CT molecular complexity index is 593. The molecular formula is C18H22N2O. The predicted octanol–water partition coefficient (Wildman–Crippen LogP) is 3.34. The first-order chi connectivity index (χ1) is 10.4. The summed E-state index contributed by atoms with van der Waals surface area (Å²) >= 11 is 0. The van der Waals surface area contributed by atoms with E-state index < -0.39 is 0 Å². The molecule has 0 unspecified atom stereocenters. The zero-order chi connectivity index (χ0) is 14.5. The summed E-state index contributed by atoms with van der Waals surface area (Å²) in [4.78, 5) is 0. The third-order valence-electron chi connectivity index (χ3n) is 3.97. The molecule has 0 aromatic heterocycles. The molecule has 0 radical (unpaired) electrons. The largest absolute Gasteiger partial charge is 0.497 e. The van der Waals surface area contributed by atoms with Crippen molar-refractivity contribution in [2.24, 2.45) is 0 Å². The molecule has 1 heterocycles. The Morgan fingerprint density at radius 3 is 2.76 bits per heavy atom. The van der Waals surface area contributed by atoms with Crippen molar-refractivity contribution in [2.75, 3.05) is 19.0 Å². The third kappa shape index (κ3) is 3.37. The molecule has 3 heteroatoms. The Morgan fingerprint density at radius 2 is 1.95 bits per heavy atom. The first kappa shape index (κ1) is 14.0. The lowest BCUT2D eigenvalue weighted by molar-refractivity contribution is 0.414. The molecule has 1 aliphatic heterocycles. The third-order valence-corrected chi connectivity index (χ3v) is 3.97. The molecule has 2 aromatic rings. The van der Waals surface area contributed by atoms with E-state index >= 15 is 0 Å². The van der Waals surface area contributed by atoms with Crippen molar-refractivity contribution in [3.8, 4) is 5.75 Å². The highest BCUT2D eigenvalue weighted by Crippen LogP contribution is 2.25. The van der Waals surface area contributed by atoms with Gasteiger partial charge in [0.15, 0.2) is 0 Å². The van der Waals surface area contributed by atoms with Crippen LogP contribution < -0.4 is 15.4 Å². The Hall–Kier alpha value is -2.00. The van der Waals surface area contributed by atoms with Gasteiger partial charge in [-0.1, -0.05) is 30.3 Å². The predicted molar refractivity (Wildman–Crippen MR) is 86.8 cm³/mol. The van der Waals surface area contributed by atoms with E-state index in [9.17, 15) is 0 Å². The van der Waals surface area contributed by atoms with Crippen LogP contribution in [0.5, 0.6) is 5.75 Å². The van der Waals surface area contributed by atoms with Gasteiger partial charge in [-0.25, -0.2) is 0 Å². The molecule has 0 fully saturated rings. The van der Waals surface area contributed by atoms with Crippen LogP contribution in [0.25, 0.3) is 0 Å². The van der Waals surface area contributed by atoms with Crippen molar-refractivity contribution in [1.82, 2.24) is 5.32 Å². The number of benzene rings is 2. The highest BCUT2D eigenvalue weighted by atomic mass is 16.5. The number of hydrogen-bond acceptors (Lipinski definition) is 3. The fourth-order valence-electron chi connectivity index (χ4n) is 2.81. The molecule has 110 valence electrons.